The molecule has 4 rings (SSSR count). The predicted octanol–water partition coefficient (Wildman–Crippen LogP) is 3.00. The van der Waals surface area contributed by atoms with E-state index in [9.17, 15) is 13.8 Å². The standard InChI is InChI=1S/C20H21N3O4S/c1-15-5-2-7-23-14-16(13-17(15)23)19(24)21-28(26)11-4-8-22(9-12-28)20(25)18-6-3-10-27-18/h2-3,5-7,10,13-14H,4,8-9,11-12H2,1H3. The lowest BCUT2D eigenvalue weighted by atomic mass is 10.2. The normalized spacial score (nSPS) is 20.1. The van der Waals surface area contributed by atoms with Crippen molar-refractivity contribution >= 4 is 27.1 Å². The van der Waals surface area contributed by atoms with E-state index in [1.807, 2.05) is 29.7 Å². The Kier molecular flexibility index (Phi) is 4.80. The number of fused-ring (bicyclic) bond motifs is 1. The molecular weight excluding hydrogens is 378 g/mol. The van der Waals surface area contributed by atoms with Crippen molar-refractivity contribution in [3.8, 4) is 0 Å². The minimum Gasteiger partial charge on any atom is -0.459 e. The molecule has 1 aliphatic rings. The number of aryl methyl sites for hydroxylation is 1. The lowest BCUT2D eigenvalue weighted by molar-refractivity contribution is 0.0736. The summed E-state index contributed by atoms with van der Waals surface area (Å²) in [7, 11) is -2.72. The average molecular weight is 399 g/mol. The molecule has 146 valence electrons. The molecule has 0 radical (unpaired) electrons. The highest BCUT2D eigenvalue weighted by Crippen LogP contribution is 2.17. The summed E-state index contributed by atoms with van der Waals surface area (Å²) in [4.78, 5) is 26.7. The van der Waals surface area contributed by atoms with Crippen LogP contribution in [-0.2, 0) is 9.73 Å². The van der Waals surface area contributed by atoms with Gasteiger partial charge in [-0.25, -0.2) is 4.21 Å². The number of hydrogen-bond donors (Lipinski definition) is 0. The van der Waals surface area contributed by atoms with Gasteiger partial charge in [-0.15, -0.1) is 0 Å². The van der Waals surface area contributed by atoms with Crippen LogP contribution in [0.2, 0.25) is 0 Å². The van der Waals surface area contributed by atoms with Crippen LogP contribution in [0.1, 0.15) is 32.9 Å². The molecular formula is C20H21N3O4S. The summed E-state index contributed by atoms with van der Waals surface area (Å²) in [6.07, 6.45) is 5.55. The number of carbonyl (C=O) groups is 2. The Balaban J connectivity index is 1.54. The molecule has 0 aliphatic carbocycles. The van der Waals surface area contributed by atoms with Crippen LogP contribution in [0.25, 0.3) is 5.52 Å². The lowest BCUT2D eigenvalue weighted by Crippen LogP contribution is -2.33. The minimum absolute atomic E-state index is 0.178. The van der Waals surface area contributed by atoms with E-state index in [0.717, 1.165) is 11.1 Å². The van der Waals surface area contributed by atoms with Crippen molar-refractivity contribution in [2.24, 2.45) is 4.36 Å². The van der Waals surface area contributed by atoms with Crippen LogP contribution in [0.5, 0.6) is 0 Å². The first-order valence-electron chi connectivity index (χ1n) is 9.12. The van der Waals surface area contributed by atoms with E-state index in [-0.39, 0.29) is 24.0 Å². The number of nitrogens with zero attached hydrogens (tertiary/aromatic N) is 3. The number of aromatic nitrogens is 1. The molecule has 0 N–H and O–H groups in total. The second-order valence-corrected chi connectivity index (χ2v) is 9.46. The molecule has 2 amide bonds. The highest BCUT2D eigenvalue weighted by Gasteiger charge is 2.25. The molecule has 1 aliphatic heterocycles. The lowest BCUT2D eigenvalue weighted by Gasteiger charge is -2.18. The fraction of sp³-hybridized carbons (Fsp3) is 0.300. The third-order valence-corrected chi connectivity index (χ3v) is 7.18. The van der Waals surface area contributed by atoms with Crippen LogP contribution >= 0.6 is 0 Å². The maximum Gasteiger partial charge on any atom is 0.289 e. The van der Waals surface area contributed by atoms with Crippen molar-refractivity contribution in [3.63, 3.8) is 0 Å². The molecule has 1 saturated heterocycles. The highest BCUT2D eigenvalue weighted by molar-refractivity contribution is 7.93. The molecule has 3 aromatic heterocycles. The fourth-order valence-corrected chi connectivity index (χ4v) is 5.28. The van der Waals surface area contributed by atoms with E-state index in [0.29, 0.717) is 24.3 Å². The van der Waals surface area contributed by atoms with Crippen molar-refractivity contribution in [1.29, 1.82) is 0 Å². The molecule has 28 heavy (non-hydrogen) atoms. The Labute approximate surface area is 163 Å². The molecule has 0 spiro atoms. The first-order valence-corrected chi connectivity index (χ1v) is 11.0. The molecule has 8 heteroatoms. The number of furan rings is 1. The largest absolute Gasteiger partial charge is 0.459 e. The van der Waals surface area contributed by atoms with Gasteiger partial charge in [0.1, 0.15) is 0 Å². The van der Waals surface area contributed by atoms with Crippen LogP contribution in [0.3, 0.4) is 0 Å². The van der Waals surface area contributed by atoms with Gasteiger partial charge in [-0.3, -0.25) is 9.59 Å². The van der Waals surface area contributed by atoms with Gasteiger partial charge >= 0.3 is 0 Å². The Morgan fingerprint density at radius 1 is 1.18 bits per heavy atom. The SMILES string of the molecule is Cc1cccn2cc(C(=O)N=S3(=O)CCCN(C(=O)c4ccco4)CC3)cc12. The average Bonchev–Trinajstić information content (AvgIpc) is 3.31. The van der Waals surface area contributed by atoms with Gasteiger partial charge in [0, 0.05) is 42.5 Å². The number of carbonyl (C=O) groups excluding carboxylic acids is 2. The third kappa shape index (κ3) is 3.60. The van der Waals surface area contributed by atoms with Crippen molar-refractivity contribution in [2.75, 3.05) is 24.6 Å². The molecule has 0 aromatic carbocycles. The molecule has 1 unspecified atom stereocenters. The van der Waals surface area contributed by atoms with Gasteiger partial charge in [-0.05, 0) is 43.2 Å². The van der Waals surface area contributed by atoms with Crippen molar-refractivity contribution < 1.29 is 18.2 Å². The van der Waals surface area contributed by atoms with Crippen LogP contribution in [-0.4, -0.2) is 49.9 Å². The highest BCUT2D eigenvalue weighted by atomic mass is 32.2. The van der Waals surface area contributed by atoms with E-state index in [2.05, 4.69) is 4.36 Å². The Bertz CT molecular complexity index is 1150. The van der Waals surface area contributed by atoms with E-state index < -0.39 is 15.6 Å². The van der Waals surface area contributed by atoms with Crippen LogP contribution in [0.4, 0.5) is 0 Å². The van der Waals surface area contributed by atoms with Gasteiger partial charge in [-0.1, -0.05) is 6.07 Å². The summed E-state index contributed by atoms with van der Waals surface area (Å²) in [5, 5.41) is 0. The van der Waals surface area contributed by atoms with Gasteiger partial charge in [0.05, 0.1) is 21.6 Å². The third-order valence-electron chi connectivity index (χ3n) is 4.93. The van der Waals surface area contributed by atoms with Crippen LogP contribution in [0, 0.1) is 6.92 Å². The number of pyridine rings is 1. The molecule has 1 fully saturated rings. The minimum atomic E-state index is -2.72. The van der Waals surface area contributed by atoms with E-state index in [1.165, 1.54) is 6.26 Å². The zero-order chi connectivity index (χ0) is 19.7. The maximum atomic E-state index is 13.2. The topological polar surface area (TPSA) is 84.4 Å². The Morgan fingerprint density at radius 2 is 2.04 bits per heavy atom. The first kappa shape index (κ1) is 18.5. The molecule has 0 saturated carbocycles. The van der Waals surface area contributed by atoms with E-state index >= 15 is 0 Å². The van der Waals surface area contributed by atoms with Crippen molar-refractivity contribution in [1.82, 2.24) is 9.30 Å². The van der Waals surface area contributed by atoms with Crippen LogP contribution in [0.15, 0.2) is 57.8 Å². The summed E-state index contributed by atoms with van der Waals surface area (Å²) in [5.41, 5.74) is 2.39. The monoisotopic (exact) mass is 399 g/mol. The quantitative estimate of drug-likeness (QED) is 0.663. The maximum absolute atomic E-state index is 13.2. The summed E-state index contributed by atoms with van der Waals surface area (Å²) >= 11 is 0. The Hall–Kier alpha value is -2.87. The first-order chi connectivity index (χ1) is 13.5. The van der Waals surface area contributed by atoms with Gasteiger partial charge in [0.15, 0.2) is 5.76 Å². The zero-order valence-electron chi connectivity index (χ0n) is 15.5. The molecule has 0 bridgehead atoms. The van der Waals surface area contributed by atoms with Crippen molar-refractivity contribution in [2.45, 2.75) is 13.3 Å². The van der Waals surface area contributed by atoms with Gasteiger partial charge in [0.25, 0.3) is 11.8 Å². The Morgan fingerprint density at radius 3 is 2.79 bits per heavy atom. The summed E-state index contributed by atoms with van der Waals surface area (Å²) in [6, 6.07) is 8.91. The molecule has 4 heterocycles. The molecule has 1 atom stereocenters. The zero-order valence-corrected chi connectivity index (χ0v) is 16.4. The fourth-order valence-electron chi connectivity index (χ4n) is 3.40. The number of amides is 2. The molecule has 3 aromatic rings. The predicted molar refractivity (Wildman–Crippen MR) is 106 cm³/mol. The van der Waals surface area contributed by atoms with E-state index in [4.69, 9.17) is 4.42 Å². The van der Waals surface area contributed by atoms with Crippen LogP contribution < -0.4 is 0 Å². The second kappa shape index (κ2) is 7.27. The van der Waals surface area contributed by atoms with Crippen molar-refractivity contribution in [3.05, 3.63) is 65.9 Å². The van der Waals surface area contributed by atoms with Gasteiger partial charge in [-0.2, -0.15) is 4.36 Å². The summed E-state index contributed by atoms with van der Waals surface area (Å²) < 4.78 is 24.3. The summed E-state index contributed by atoms with van der Waals surface area (Å²) in [6.45, 7) is 2.72. The smallest absolute Gasteiger partial charge is 0.289 e. The van der Waals surface area contributed by atoms with E-state index in [1.54, 1.807) is 29.3 Å². The van der Waals surface area contributed by atoms with Gasteiger partial charge in [0.2, 0.25) is 0 Å². The molecule has 7 nitrogen and oxygen atoms in total. The van der Waals surface area contributed by atoms with Gasteiger partial charge < -0.3 is 13.7 Å². The summed E-state index contributed by atoms with van der Waals surface area (Å²) in [5.74, 6) is 0.0373. The number of hydrogen-bond acceptors (Lipinski definition) is 4. The second-order valence-electron chi connectivity index (χ2n) is 6.91. The number of rotatable bonds is 2.